The number of aryl methyl sites for hydroxylation is 2. The monoisotopic (exact) mass is 293 g/mol. The molecule has 1 aromatic rings. The molecule has 1 fully saturated rings. The summed E-state index contributed by atoms with van der Waals surface area (Å²) in [6.45, 7) is 4.72. The molecule has 0 heterocycles. The van der Waals surface area contributed by atoms with E-state index in [1.54, 1.807) is 0 Å². The lowest BCUT2D eigenvalue weighted by atomic mass is 9.75. The summed E-state index contributed by atoms with van der Waals surface area (Å²) in [6, 6.07) is 5.95. The quantitative estimate of drug-likeness (QED) is 0.827. The number of hydrogen-bond acceptors (Lipinski definition) is 1. The van der Waals surface area contributed by atoms with Gasteiger partial charge in [0.2, 0.25) is 0 Å². The maximum absolute atomic E-state index is 12.3. The highest BCUT2D eigenvalue weighted by Gasteiger charge is 2.31. The predicted molar refractivity (Wildman–Crippen MR) is 84.5 cm³/mol. The van der Waals surface area contributed by atoms with Crippen LogP contribution in [0.25, 0.3) is 0 Å². The molecule has 1 amide bonds. The van der Waals surface area contributed by atoms with Gasteiger partial charge in [0, 0.05) is 23.4 Å². The van der Waals surface area contributed by atoms with Gasteiger partial charge < -0.3 is 5.32 Å². The Morgan fingerprint density at radius 2 is 1.95 bits per heavy atom. The summed E-state index contributed by atoms with van der Waals surface area (Å²) in [5.41, 5.74) is 3.10. The Bertz CT molecular complexity index is 478. The molecule has 0 spiro atoms. The largest absolute Gasteiger partial charge is 0.351 e. The van der Waals surface area contributed by atoms with Crippen LogP contribution in [0, 0.1) is 19.3 Å². The van der Waals surface area contributed by atoms with Gasteiger partial charge in [0.15, 0.2) is 0 Å². The van der Waals surface area contributed by atoms with Crippen LogP contribution in [0.1, 0.15) is 53.6 Å². The van der Waals surface area contributed by atoms with Gasteiger partial charge in [-0.25, -0.2) is 0 Å². The van der Waals surface area contributed by atoms with Crippen LogP contribution in [0.5, 0.6) is 0 Å². The lowest BCUT2D eigenvalue weighted by Gasteiger charge is -2.35. The number of nitrogens with one attached hydrogen (secondary N) is 1. The zero-order valence-electron chi connectivity index (χ0n) is 12.5. The van der Waals surface area contributed by atoms with Crippen LogP contribution >= 0.6 is 11.6 Å². The smallest absolute Gasteiger partial charge is 0.251 e. The molecule has 0 aliphatic heterocycles. The SMILES string of the molecule is Cc1ccc(C(=O)NCC2(CCl)CCCCC2)c(C)c1. The van der Waals surface area contributed by atoms with Crippen molar-refractivity contribution in [3.63, 3.8) is 0 Å². The fraction of sp³-hybridized carbons (Fsp3) is 0.588. The van der Waals surface area contributed by atoms with Crippen molar-refractivity contribution in [3.05, 3.63) is 34.9 Å². The van der Waals surface area contributed by atoms with E-state index in [1.165, 1.54) is 24.8 Å². The number of halogens is 1. The summed E-state index contributed by atoms with van der Waals surface area (Å²) < 4.78 is 0. The number of carbonyl (C=O) groups is 1. The summed E-state index contributed by atoms with van der Waals surface area (Å²) in [5, 5.41) is 3.10. The molecule has 3 heteroatoms. The van der Waals surface area contributed by atoms with Gasteiger partial charge in [-0.05, 0) is 38.3 Å². The highest BCUT2D eigenvalue weighted by molar-refractivity contribution is 6.18. The molecule has 110 valence electrons. The molecule has 0 bridgehead atoms. The Kier molecular flexibility index (Phi) is 5.09. The first-order valence-corrected chi connectivity index (χ1v) is 8.01. The van der Waals surface area contributed by atoms with Crippen molar-refractivity contribution in [2.75, 3.05) is 12.4 Å². The van der Waals surface area contributed by atoms with Crippen LogP contribution in [-0.2, 0) is 0 Å². The molecule has 0 saturated heterocycles. The van der Waals surface area contributed by atoms with Crippen LogP contribution in [0.2, 0.25) is 0 Å². The summed E-state index contributed by atoms with van der Waals surface area (Å²) >= 11 is 6.17. The minimum absolute atomic E-state index is 0.0255. The molecule has 2 rings (SSSR count). The van der Waals surface area contributed by atoms with Gasteiger partial charge in [-0.15, -0.1) is 11.6 Å². The van der Waals surface area contributed by atoms with Crippen LogP contribution in [0.15, 0.2) is 18.2 Å². The third-order valence-corrected chi connectivity index (χ3v) is 5.02. The third-order valence-electron chi connectivity index (χ3n) is 4.45. The molecule has 20 heavy (non-hydrogen) atoms. The van der Waals surface area contributed by atoms with Crippen LogP contribution in [0.4, 0.5) is 0 Å². The highest BCUT2D eigenvalue weighted by atomic mass is 35.5. The molecule has 0 aromatic heterocycles. The number of amides is 1. The van der Waals surface area contributed by atoms with Gasteiger partial charge in [-0.3, -0.25) is 4.79 Å². The van der Waals surface area contributed by atoms with E-state index in [0.717, 1.165) is 24.0 Å². The Morgan fingerprint density at radius 1 is 1.25 bits per heavy atom. The first-order valence-electron chi connectivity index (χ1n) is 7.48. The first kappa shape index (κ1) is 15.4. The van der Waals surface area contributed by atoms with E-state index < -0.39 is 0 Å². The third kappa shape index (κ3) is 3.54. The van der Waals surface area contributed by atoms with Crippen LogP contribution in [0.3, 0.4) is 0 Å². The van der Waals surface area contributed by atoms with Crippen LogP contribution < -0.4 is 5.32 Å². The van der Waals surface area contributed by atoms with E-state index in [2.05, 4.69) is 5.32 Å². The van der Waals surface area contributed by atoms with Gasteiger partial charge in [-0.1, -0.05) is 37.0 Å². The van der Waals surface area contributed by atoms with Crippen molar-refractivity contribution in [2.24, 2.45) is 5.41 Å². The van der Waals surface area contributed by atoms with Crippen molar-refractivity contribution in [1.29, 1.82) is 0 Å². The molecule has 0 unspecified atom stereocenters. The maximum Gasteiger partial charge on any atom is 0.251 e. The molecule has 1 saturated carbocycles. The number of hydrogen-bond donors (Lipinski definition) is 1. The number of carbonyl (C=O) groups excluding carboxylic acids is 1. The van der Waals surface area contributed by atoms with Gasteiger partial charge in [-0.2, -0.15) is 0 Å². The molecular formula is C17H24ClNO. The van der Waals surface area contributed by atoms with Gasteiger partial charge >= 0.3 is 0 Å². The summed E-state index contributed by atoms with van der Waals surface area (Å²) in [4.78, 5) is 12.3. The van der Waals surface area contributed by atoms with Crippen molar-refractivity contribution < 1.29 is 4.79 Å². The van der Waals surface area contributed by atoms with Crippen molar-refractivity contribution in [1.82, 2.24) is 5.32 Å². The van der Waals surface area contributed by atoms with Crippen molar-refractivity contribution in [2.45, 2.75) is 46.0 Å². The number of alkyl halides is 1. The molecule has 1 aliphatic rings. The summed E-state index contributed by atoms with van der Waals surface area (Å²) in [6.07, 6.45) is 6.01. The predicted octanol–water partition coefficient (Wildman–Crippen LogP) is 4.22. The van der Waals surface area contributed by atoms with E-state index in [9.17, 15) is 4.79 Å². The second kappa shape index (κ2) is 6.62. The molecule has 0 atom stereocenters. The van der Waals surface area contributed by atoms with Crippen molar-refractivity contribution in [3.8, 4) is 0 Å². The second-order valence-corrected chi connectivity index (χ2v) is 6.46. The zero-order valence-corrected chi connectivity index (χ0v) is 13.2. The standard InChI is InChI=1S/C17H24ClNO/c1-13-6-7-15(14(2)10-13)16(20)19-12-17(11-18)8-4-3-5-9-17/h6-7,10H,3-5,8-9,11-12H2,1-2H3,(H,19,20). The van der Waals surface area contributed by atoms with E-state index in [1.807, 2.05) is 32.0 Å². The lowest BCUT2D eigenvalue weighted by Crippen LogP contribution is -2.40. The Morgan fingerprint density at radius 3 is 2.55 bits per heavy atom. The number of rotatable bonds is 4. The summed E-state index contributed by atoms with van der Waals surface area (Å²) in [5.74, 6) is 0.665. The molecule has 1 N–H and O–H groups in total. The molecule has 2 nitrogen and oxygen atoms in total. The Hall–Kier alpha value is -1.02. The highest BCUT2D eigenvalue weighted by Crippen LogP contribution is 2.36. The van der Waals surface area contributed by atoms with E-state index >= 15 is 0 Å². The van der Waals surface area contributed by atoms with Gasteiger partial charge in [0.1, 0.15) is 0 Å². The average molecular weight is 294 g/mol. The molecular weight excluding hydrogens is 270 g/mol. The van der Waals surface area contributed by atoms with Gasteiger partial charge in [0.05, 0.1) is 0 Å². The van der Waals surface area contributed by atoms with Crippen LogP contribution in [-0.4, -0.2) is 18.3 Å². The maximum atomic E-state index is 12.3. The molecule has 1 aromatic carbocycles. The van der Waals surface area contributed by atoms with E-state index in [4.69, 9.17) is 11.6 Å². The normalized spacial score (nSPS) is 17.8. The first-order chi connectivity index (χ1) is 9.56. The van der Waals surface area contributed by atoms with E-state index in [-0.39, 0.29) is 11.3 Å². The topological polar surface area (TPSA) is 29.1 Å². The minimum Gasteiger partial charge on any atom is -0.351 e. The molecule has 0 radical (unpaired) electrons. The van der Waals surface area contributed by atoms with Crippen molar-refractivity contribution >= 4 is 17.5 Å². The Labute approximate surface area is 126 Å². The zero-order chi connectivity index (χ0) is 14.6. The number of benzene rings is 1. The Balaban J connectivity index is 2.00. The lowest BCUT2D eigenvalue weighted by molar-refractivity contribution is 0.0920. The summed E-state index contributed by atoms with van der Waals surface area (Å²) in [7, 11) is 0. The van der Waals surface area contributed by atoms with E-state index in [0.29, 0.717) is 12.4 Å². The molecule has 1 aliphatic carbocycles. The fourth-order valence-corrected chi connectivity index (χ4v) is 3.45. The fourth-order valence-electron chi connectivity index (χ4n) is 3.09. The minimum atomic E-state index is 0.0255. The average Bonchev–Trinajstić information content (AvgIpc) is 2.46. The van der Waals surface area contributed by atoms with Gasteiger partial charge in [0.25, 0.3) is 5.91 Å². The second-order valence-electron chi connectivity index (χ2n) is 6.20.